The highest BCUT2D eigenvalue weighted by Gasteiger charge is 2.40. The number of rotatable bonds is 3. The molecule has 4 heteroatoms. The number of hydrogen-bond donors (Lipinski definition) is 2. The molecule has 1 aromatic rings. The molecule has 3 rings (SSSR count). The number of hydrogen-bond acceptors (Lipinski definition) is 2. The second-order valence-corrected chi connectivity index (χ2v) is 5.94. The fourth-order valence-corrected chi connectivity index (χ4v) is 3.09. The molecule has 3 nitrogen and oxygen atoms in total. The highest BCUT2D eigenvalue weighted by atomic mass is 35.5. The Labute approximate surface area is 126 Å². The highest BCUT2D eigenvalue weighted by molar-refractivity contribution is 5.85. The highest BCUT2D eigenvalue weighted by Crippen LogP contribution is 2.40. The molecule has 20 heavy (non-hydrogen) atoms. The minimum atomic E-state index is 0. The van der Waals surface area contributed by atoms with Gasteiger partial charge in [-0.1, -0.05) is 30.3 Å². The number of carbonyl (C=O) groups is 1. The summed E-state index contributed by atoms with van der Waals surface area (Å²) >= 11 is 0. The predicted molar refractivity (Wildman–Crippen MR) is 83.2 cm³/mol. The maximum Gasteiger partial charge on any atom is 0.223 e. The number of benzene rings is 1. The Morgan fingerprint density at radius 3 is 2.70 bits per heavy atom. The van der Waals surface area contributed by atoms with Crippen molar-refractivity contribution in [1.82, 2.24) is 10.6 Å². The second kappa shape index (κ2) is 6.59. The van der Waals surface area contributed by atoms with Crippen molar-refractivity contribution in [3.8, 4) is 0 Å². The fourth-order valence-electron chi connectivity index (χ4n) is 3.09. The van der Waals surface area contributed by atoms with Crippen molar-refractivity contribution in [2.75, 3.05) is 6.54 Å². The van der Waals surface area contributed by atoms with Crippen LogP contribution in [0, 0.1) is 5.92 Å². The van der Waals surface area contributed by atoms with Crippen LogP contribution >= 0.6 is 12.4 Å². The summed E-state index contributed by atoms with van der Waals surface area (Å²) < 4.78 is 0. The van der Waals surface area contributed by atoms with Crippen LogP contribution in [0.5, 0.6) is 0 Å². The van der Waals surface area contributed by atoms with Crippen LogP contribution in [0.2, 0.25) is 0 Å². The minimum absolute atomic E-state index is 0. The van der Waals surface area contributed by atoms with Crippen molar-refractivity contribution in [1.29, 1.82) is 0 Å². The lowest BCUT2D eigenvalue weighted by atomic mass is 9.92. The molecule has 1 aliphatic heterocycles. The molecule has 1 aromatic carbocycles. The Morgan fingerprint density at radius 2 is 2.00 bits per heavy atom. The molecule has 1 amide bonds. The SMILES string of the molecule is C[C@H]1C[C@@H](C(=O)NC2CC2c2ccccc2)CCN1.Cl. The van der Waals surface area contributed by atoms with E-state index in [4.69, 9.17) is 0 Å². The van der Waals surface area contributed by atoms with Crippen molar-refractivity contribution < 1.29 is 4.79 Å². The molecule has 0 radical (unpaired) electrons. The van der Waals surface area contributed by atoms with Crippen molar-refractivity contribution in [2.45, 2.75) is 44.2 Å². The molecule has 0 bridgehead atoms. The van der Waals surface area contributed by atoms with Crippen LogP contribution in [0.3, 0.4) is 0 Å². The van der Waals surface area contributed by atoms with Gasteiger partial charge >= 0.3 is 0 Å². The van der Waals surface area contributed by atoms with E-state index in [1.54, 1.807) is 0 Å². The quantitative estimate of drug-likeness (QED) is 0.899. The molecule has 2 fully saturated rings. The number of halogens is 1. The van der Waals surface area contributed by atoms with Gasteiger partial charge in [0.25, 0.3) is 0 Å². The van der Waals surface area contributed by atoms with Crippen LogP contribution in [0.25, 0.3) is 0 Å². The van der Waals surface area contributed by atoms with Crippen LogP contribution in [0.4, 0.5) is 0 Å². The third kappa shape index (κ3) is 3.53. The number of piperidine rings is 1. The number of amides is 1. The van der Waals surface area contributed by atoms with E-state index < -0.39 is 0 Å². The summed E-state index contributed by atoms with van der Waals surface area (Å²) in [6.07, 6.45) is 3.03. The van der Waals surface area contributed by atoms with E-state index in [1.807, 2.05) is 6.07 Å². The van der Waals surface area contributed by atoms with E-state index >= 15 is 0 Å². The van der Waals surface area contributed by atoms with E-state index in [-0.39, 0.29) is 24.2 Å². The van der Waals surface area contributed by atoms with Crippen LogP contribution in [0.1, 0.15) is 37.7 Å². The Morgan fingerprint density at radius 1 is 1.25 bits per heavy atom. The summed E-state index contributed by atoms with van der Waals surface area (Å²) in [5.41, 5.74) is 1.35. The molecule has 1 aliphatic carbocycles. The van der Waals surface area contributed by atoms with Gasteiger partial charge in [-0.3, -0.25) is 4.79 Å². The summed E-state index contributed by atoms with van der Waals surface area (Å²) in [4.78, 5) is 12.2. The van der Waals surface area contributed by atoms with E-state index in [9.17, 15) is 4.79 Å². The molecule has 0 aromatic heterocycles. The Kier molecular flexibility index (Phi) is 5.06. The van der Waals surface area contributed by atoms with E-state index in [2.05, 4.69) is 41.8 Å². The zero-order valence-corrected chi connectivity index (χ0v) is 12.7. The second-order valence-electron chi connectivity index (χ2n) is 5.94. The van der Waals surface area contributed by atoms with Gasteiger partial charge in [-0.15, -0.1) is 12.4 Å². The average molecular weight is 295 g/mol. The van der Waals surface area contributed by atoms with Crippen LogP contribution < -0.4 is 10.6 Å². The van der Waals surface area contributed by atoms with Crippen molar-refractivity contribution in [3.05, 3.63) is 35.9 Å². The van der Waals surface area contributed by atoms with Gasteiger partial charge in [-0.05, 0) is 38.3 Å². The van der Waals surface area contributed by atoms with E-state index in [0.29, 0.717) is 18.0 Å². The van der Waals surface area contributed by atoms with Crippen LogP contribution in [-0.4, -0.2) is 24.5 Å². The monoisotopic (exact) mass is 294 g/mol. The summed E-state index contributed by atoms with van der Waals surface area (Å²) in [5.74, 6) is 0.995. The fraction of sp³-hybridized carbons (Fsp3) is 0.562. The maximum absolute atomic E-state index is 12.2. The van der Waals surface area contributed by atoms with Crippen LogP contribution in [-0.2, 0) is 4.79 Å². The molecule has 2 unspecified atom stereocenters. The topological polar surface area (TPSA) is 41.1 Å². The zero-order chi connectivity index (χ0) is 13.2. The molecule has 4 atom stereocenters. The van der Waals surface area contributed by atoms with Gasteiger partial charge in [-0.25, -0.2) is 0 Å². The maximum atomic E-state index is 12.2. The van der Waals surface area contributed by atoms with Gasteiger partial charge in [0.2, 0.25) is 5.91 Å². The van der Waals surface area contributed by atoms with Crippen molar-refractivity contribution in [2.24, 2.45) is 5.92 Å². The Balaban J connectivity index is 0.00000147. The van der Waals surface area contributed by atoms with E-state index in [1.165, 1.54) is 5.56 Å². The lowest BCUT2D eigenvalue weighted by Gasteiger charge is -2.27. The summed E-state index contributed by atoms with van der Waals surface area (Å²) in [5, 5.41) is 6.62. The first-order valence-corrected chi connectivity index (χ1v) is 7.32. The largest absolute Gasteiger partial charge is 0.352 e. The summed E-state index contributed by atoms with van der Waals surface area (Å²) in [7, 11) is 0. The number of nitrogens with one attached hydrogen (secondary N) is 2. The normalized spacial score (nSPS) is 32.0. The molecule has 110 valence electrons. The molecular formula is C16H23ClN2O. The van der Waals surface area contributed by atoms with Gasteiger partial charge < -0.3 is 10.6 Å². The zero-order valence-electron chi connectivity index (χ0n) is 11.8. The minimum Gasteiger partial charge on any atom is -0.352 e. The smallest absolute Gasteiger partial charge is 0.223 e. The predicted octanol–water partition coefficient (Wildman–Crippen LogP) is 2.47. The van der Waals surface area contributed by atoms with Crippen LogP contribution in [0.15, 0.2) is 30.3 Å². The molecule has 1 heterocycles. The van der Waals surface area contributed by atoms with Crippen molar-refractivity contribution in [3.63, 3.8) is 0 Å². The molecular weight excluding hydrogens is 272 g/mol. The summed E-state index contributed by atoms with van der Waals surface area (Å²) in [6.45, 7) is 3.12. The Hall–Kier alpha value is -1.06. The third-order valence-electron chi connectivity index (χ3n) is 4.34. The first-order valence-electron chi connectivity index (χ1n) is 7.32. The van der Waals surface area contributed by atoms with Gasteiger partial charge in [0.1, 0.15) is 0 Å². The molecule has 1 saturated heterocycles. The summed E-state index contributed by atoms with van der Waals surface area (Å²) in [6, 6.07) is 11.3. The first kappa shape index (κ1) is 15.3. The van der Waals surface area contributed by atoms with Gasteiger partial charge in [0.15, 0.2) is 0 Å². The molecule has 0 spiro atoms. The van der Waals surface area contributed by atoms with Gasteiger partial charge in [0.05, 0.1) is 0 Å². The van der Waals surface area contributed by atoms with E-state index in [0.717, 1.165) is 25.8 Å². The lowest BCUT2D eigenvalue weighted by Crippen LogP contribution is -2.43. The van der Waals surface area contributed by atoms with Gasteiger partial charge in [0, 0.05) is 23.9 Å². The molecule has 2 aliphatic rings. The third-order valence-corrected chi connectivity index (χ3v) is 4.34. The molecule has 1 saturated carbocycles. The van der Waals surface area contributed by atoms with Crippen molar-refractivity contribution >= 4 is 18.3 Å². The lowest BCUT2D eigenvalue weighted by molar-refractivity contribution is -0.126. The number of carbonyl (C=O) groups excluding carboxylic acids is 1. The average Bonchev–Trinajstić information content (AvgIpc) is 3.19. The standard InChI is InChI=1S/C16H22N2O.ClH/c1-11-9-13(7-8-17-11)16(19)18-15-10-14(15)12-5-3-2-4-6-12;/h2-6,11,13-15,17H,7-10H2,1H3,(H,18,19);1H/t11-,13-,14?,15?;/m0./s1. The first-order chi connectivity index (χ1) is 9.24. The molecule has 2 N–H and O–H groups in total. The van der Waals surface area contributed by atoms with Gasteiger partial charge in [-0.2, -0.15) is 0 Å². The Bertz CT molecular complexity index is 451.